The number of aromatic nitrogens is 2. The third kappa shape index (κ3) is 3.41. The molecule has 1 amide bonds. The smallest absolute Gasteiger partial charge is 0.230 e. The standard InChI is InChI=1S/C26H23N3O/c30-25(26(16-17-26)22-12-6-2-7-13-22)27-18-21-19-29(23-14-8-3-9-15-23)28-24(21)20-10-4-1-5-11-20/h1-15,19H,16-18H2,(H,27,30). The molecule has 4 nitrogen and oxygen atoms in total. The number of carbonyl (C=O) groups is 1. The number of benzene rings is 3. The Kier molecular flexibility index (Phi) is 4.68. The van der Waals surface area contributed by atoms with Gasteiger partial charge in [-0.3, -0.25) is 4.79 Å². The van der Waals surface area contributed by atoms with Crippen molar-refractivity contribution >= 4 is 5.91 Å². The van der Waals surface area contributed by atoms with E-state index in [1.165, 1.54) is 0 Å². The molecule has 4 aromatic rings. The fourth-order valence-corrected chi connectivity index (χ4v) is 3.96. The van der Waals surface area contributed by atoms with Crippen LogP contribution in [0.25, 0.3) is 16.9 Å². The van der Waals surface area contributed by atoms with Crippen molar-refractivity contribution in [3.05, 3.63) is 108 Å². The van der Waals surface area contributed by atoms with E-state index in [2.05, 4.69) is 29.6 Å². The molecule has 1 aliphatic rings. The van der Waals surface area contributed by atoms with Gasteiger partial charge >= 0.3 is 0 Å². The molecule has 0 atom stereocenters. The molecular formula is C26H23N3O. The van der Waals surface area contributed by atoms with Crippen molar-refractivity contribution in [2.24, 2.45) is 0 Å². The highest BCUT2D eigenvalue weighted by molar-refractivity contribution is 5.91. The quantitative estimate of drug-likeness (QED) is 0.507. The van der Waals surface area contributed by atoms with Crippen molar-refractivity contribution in [1.82, 2.24) is 15.1 Å². The highest BCUT2D eigenvalue weighted by Crippen LogP contribution is 2.48. The Morgan fingerprint density at radius 1 is 0.867 bits per heavy atom. The number of rotatable bonds is 6. The monoisotopic (exact) mass is 393 g/mol. The Morgan fingerprint density at radius 2 is 1.47 bits per heavy atom. The van der Waals surface area contributed by atoms with Crippen molar-refractivity contribution in [1.29, 1.82) is 0 Å². The second-order valence-electron chi connectivity index (χ2n) is 7.78. The number of para-hydroxylation sites is 1. The van der Waals surface area contributed by atoms with Crippen LogP contribution in [0.4, 0.5) is 0 Å². The second-order valence-corrected chi connectivity index (χ2v) is 7.78. The minimum Gasteiger partial charge on any atom is -0.351 e. The Balaban J connectivity index is 1.42. The first kappa shape index (κ1) is 18.4. The molecule has 1 aromatic heterocycles. The van der Waals surface area contributed by atoms with E-state index in [0.717, 1.165) is 40.9 Å². The normalized spacial score (nSPS) is 14.3. The maximum absolute atomic E-state index is 13.1. The number of carbonyl (C=O) groups excluding carboxylic acids is 1. The van der Waals surface area contributed by atoms with Crippen LogP contribution in [0.1, 0.15) is 24.0 Å². The molecule has 3 aromatic carbocycles. The van der Waals surface area contributed by atoms with E-state index in [1.54, 1.807) is 0 Å². The Labute approximate surface area is 176 Å². The minimum atomic E-state index is -0.371. The molecule has 30 heavy (non-hydrogen) atoms. The Morgan fingerprint density at radius 3 is 2.10 bits per heavy atom. The summed E-state index contributed by atoms with van der Waals surface area (Å²) in [5.74, 6) is 0.0974. The molecule has 1 N–H and O–H groups in total. The highest BCUT2D eigenvalue weighted by Gasteiger charge is 2.50. The van der Waals surface area contributed by atoms with E-state index in [-0.39, 0.29) is 11.3 Å². The topological polar surface area (TPSA) is 46.9 Å². The van der Waals surface area contributed by atoms with Gasteiger partial charge in [0.15, 0.2) is 0 Å². The lowest BCUT2D eigenvalue weighted by Gasteiger charge is -2.15. The van der Waals surface area contributed by atoms with E-state index in [4.69, 9.17) is 5.10 Å². The zero-order valence-corrected chi connectivity index (χ0v) is 16.7. The van der Waals surface area contributed by atoms with Crippen LogP contribution in [-0.2, 0) is 16.8 Å². The van der Waals surface area contributed by atoms with Crippen molar-refractivity contribution in [3.63, 3.8) is 0 Å². The Hall–Kier alpha value is -3.66. The molecule has 0 unspecified atom stereocenters. The summed E-state index contributed by atoms with van der Waals surface area (Å²) in [6.07, 6.45) is 3.81. The summed E-state index contributed by atoms with van der Waals surface area (Å²) in [4.78, 5) is 13.1. The van der Waals surface area contributed by atoms with E-state index in [9.17, 15) is 4.79 Å². The number of amides is 1. The predicted octanol–water partition coefficient (Wildman–Crippen LogP) is 4.89. The van der Waals surface area contributed by atoms with E-state index >= 15 is 0 Å². The van der Waals surface area contributed by atoms with Crippen LogP contribution in [0, 0.1) is 0 Å². The highest BCUT2D eigenvalue weighted by atomic mass is 16.2. The van der Waals surface area contributed by atoms with Gasteiger partial charge in [0.05, 0.1) is 16.8 Å². The van der Waals surface area contributed by atoms with Gasteiger partial charge in [0.25, 0.3) is 0 Å². The molecule has 1 saturated carbocycles. The zero-order chi connectivity index (χ0) is 20.4. The van der Waals surface area contributed by atoms with Gasteiger partial charge in [-0.2, -0.15) is 5.10 Å². The first-order valence-corrected chi connectivity index (χ1v) is 10.3. The summed E-state index contributed by atoms with van der Waals surface area (Å²) in [6.45, 7) is 0.449. The third-order valence-corrected chi connectivity index (χ3v) is 5.81. The number of nitrogens with one attached hydrogen (secondary N) is 1. The molecule has 0 spiro atoms. The number of hydrogen-bond donors (Lipinski definition) is 1. The van der Waals surface area contributed by atoms with Gasteiger partial charge in [0.2, 0.25) is 5.91 Å². The molecule has 1 heterocycles. The molecule has 0 aliphatic heterocycles. The largest absolute Gasteiger partial charge is 0.351 e. The summed E-state index contributed by atoms with van der Waals surface area (Å²) in [5.41, 5.74) is 4.66. The van der Waals surface area contributed by atoms with Gasteiger partial charge in [-0.05, 0) is 30.5 Å². The predicted molar refractivity (Wildman–Crippen MR) is 118 cm³/mol. The summed E-state index contributed by atoms with van der Waals surface area (Å²) < 4.78 is 1.88. The lowest BCUT2D eigenvalue weighted by molar-refractivity contribution is -0.123. The van der Waals surface area contributed by atoms with E-state index < -0.39 is 0 Å². The molecule has 1 fully saturated rings. The average molecular weight is 393 g/mol. The molecule has 0 bridgehead atoms. The first-order valence-electron chi connectivity index (χ1n) is 10.3. The van der Waals surface area contributed by atoms with Gasteiger partial charge in [-0.25, -0.2) is 4.68 Å². The Bertz CT molecular complexity index is 1150. The SMILES string of the molecule is O=C(NCc1cn(-c2ccccc2)nc1-c1ccccc1)C1(c2ccccc2)CC1. The second kappa shape index (κ2) is 7.64. The molecule has 148 valence electrons. The minimum absolute atomic E-state index is 0.0974. The van der Waals surface area contributed by atoms with Crippen molar-refractivity contribution in [3.8, 4) is 16.9 Å². The van der Waals surface area contributed by atoms with Gasteiger partial charge in [-0.1, -0.05) is 78.9 Å². The van der Waals surface area contributed by atoms with E-state index in [0.29, 0.717) is 6.54 Å². The summed E-state index contributed by atoms with van der Waals surface area (Å²) in [5, 5.41) is 8.01. The molecule has 0 saturated heterocycles. The number of hydrogen-bond acceptors (Lipinski definition) is 2. The van der Waals surface area contributed by atoms with Crippen LogP contribution in [0.5, 0.6) is 0 Å². The fourth-order valence-electron chi connectivity index (χ4n) is 3.96. The van der Waals surface area contributed by atoms with Gasteiger partial charge in [0.1, 0.15) is 0 Å². The summed E-state index contributed by atoms with van der Waals surface area (Å²) in [7, 11) is 0. The van der Waals surface area contributed by atoms with Gasteiger partial charge in [0, 0.05) is 23.9 Å². The van der Waals surface area contributed by atoms with Crippen molar-refractivity contribution in [2.45, 2.75) is 24.8 Å². The van der Waals surface area contributed by atoms with Crippen LogP contribution in [0.2, 0.25) is 0 Å². The van der Waals surface area contributed by atoms with Crippen LogP contribution in [0.15, 0.2) is 97.2 Å². The van der Waals surface area contributed by atoms with Crippen LogP contribution < -0.4 is 5.32 Å². The van der Waals surface area contributed by atoms with Crippen LogP contribution >= 0.6 is 0 Å². The van der Waals surface area contributed by atoms with Crippen molar-refractivity contribution < 1.29 is 4.79 Å². The molecule has 5 rings (SSSR count). The third-order valence-electron chi connectivity index (χ3n) is 5.81. The summed E-state index contributed by atoms with van der Waals surface area (Å²) >= 11 is 0. The van der Waals surface area contributed by atoms with Crippen LogP contribution in [0.3, 0.4) is 0 Å². The lowest BCUT2D eigenvalue weighted by atomic mass is 9.95. The maximum Gasteiger partial charge on any atom is 0.230 e. The molecule has 4 heteroatoms. The fraction of sp³-hybridized carbons (Fsp3) is 0.154. The van der Waals surface area contributed by atoms with Crippen molar-refractivity contribution in [2.75, 3.05) is 0 Å². The average Bonchev–Trinajstić information content (AvgIpc) is 3.53. The zero-order valence-electron chi connectivity index (χ0n) is 16.7. The van der Waals surface area contributed by atoms with Crippen LogP contribution in [-0.4, -0.2) is 15.7 Å². The summed E-state index contributed by atoms with van der Waals surface area (Å²) in [6, 6.07) is 30.2. The van der Waals surface area contributed by atoms with Gasteiger partial charge in [-0.15, -0.1) is 0 Å². The number of nitrogens with zero attached hydrogens (tertiary/aromatic N) is 2. The van der Waals surface area contributed by atoms with Gasteiger partial charge < -0.3 is 5.32 Å². The molecule has 0 radical (unpaired) electrons. The molecule has 1 aliphatic carbocycles. The first-order chi connectivity index (χ1) is 14.8. The maximum atomic E-state index is 13.1. The lowest BCUT2D eigenvalue weighted by Crippen LogP contribution is -2.34. The molecular weight excluding hydrogens is 370 g/mol. The van der Waals surface area contributed by atoms with E-state index in [1.807, 2.05) is 77.6 Å².